The Hall–Kier alpha value is -3.61. The lowest BCUT2D eigenvalue weighted by Gasteiger charge is -2.36. The molecular weight excluding hydrogens is 396 g/mol. The largest absolute Gasteiger partial charge is 0.497 e. The highest BCUT2D eigenvalue weighted by molar-refractivity contribution is 6.24. The zero-order chi connectivity index (χ0) is 21.9. The molecule has 31 heavy (non-hydrogen) atoms. The summed E-state index contributed by atoms with van der Waals surface area (Å²) in [5.41, 5.74) is 2.22. The van der Waals surface area contributed by atoms with E-state index in [2.05, 4.69) is 0 Å². The molecule has 3 aliphatic heterocycles. The first-order chi connectivity index (χ1) is 15.0. The van der Waals surface area contributed by atoms with E-state index >= 15 is 0 Å². The van der Waals surface area contributed by atoms with Gasteiger partial charge in [0.1, 0.15) is 17.5 Å². The van der Waals surface area contributed by atoms with E-state index in [4.69, 9.17) is 9.47 Å². The van der Waals surface area contributed by atoms with Crippen molar-refractivity contribution in [3.8, 4) is 11.5 Å². The summed E-state index contributed by atoms with van der Waals surface area (Å²) < 4.78 is 10.5. The predicted molar refractivity (Wildman–Crippen MR) is 115 cm³/mol. The Morgan fingerprint density at radius 3 is 2.19 bits per heavy atom. The van der Waals surface area contributed by atoms with Gasteiger partial charge in [0, 0.05) is 11.3 Å². The summed E-state index contributed by atoms with van der Waals surface area (Å²) in [5, 5.41) is 0. The van der Waals surface area contributed by atoms with Crippen molar-refractivity contribution in [1.82, 2.24) is 0 Å². The average molecular weight is 418 g/mol. The second kappa shape index (κ2) is 6.97. The van der Waals surface area contributed by atoms with E-state index in [0.717, 1.165) is 11.3 Å². The highest BCUT2D eigenvalue weighted by Crippen LogP contribution is 2.49. The van der Waals surface area contributed by atoms with Gasteiger partial charge in [-0.2, -0.15) is 0 Å². The van der Waals surface area contributed by atoms with Crippen molar-refractivity contribution in [3.63, 3.8) is 0 Å². The molecule has 7 nitrogen and oxygen atoms in total. The molecule has 2 fully saturated rings. The molecule has 5 rings (SSSR count). The lowest BCUT2D eigenvalue weighted by Crippen LogP contribution is -2.48. The molecule has 2 aromatic rings. The van der Waals surface area contributed by atoms with Crippen molar-refractivity contribution in [3.05, 3.63) is 54.1 Å². The summed E-state index contributed by atoms with van der Waals surface area (Å²) in [6.07, 6.45) is 3.86. The highest BCUT2D eigenvalue weighted by atomic mass is 16.5. The Labute approximate surface area is 179 Å². The molecule has 0 spiro atoms. The van der Waals surface area contributed by atoms with Crippen LogP contribution in [0.15, 0.2) is 48.5 Å². The maximum atomic E-state index is 13.5. The van der Waals surface area contributed by atoms with Crippen LogP contribution in [0, 0.1) is 11.8 Å². The van der Waals surface area contributed by atoms with Gasteiger partial charge in [0.05, 0.1) is 37.8 Å². The van der Waals surface area contributed by atoms with Crippen molar-refractivity contribution in [2.24, 2.45) is 11.8 Å². The number of rotatable bonds is 4. The van der Waals surface area contributed by atoms with Gasteiger partial charge in [0.15, 0.2) is 5.78 Å². The van der Waals surface area contributed by atoms with Crippen molar-refractivity contribution in [1.29, 1.82) is 0 Å². The smallest absolute Gasteiger partial charge is 0.240 e. The third-order valence-corrected chi connectivity index (χ3v) is 6.46. The second-order valence-electron chi connectivity index (χ2n) is 8.00. The number of benzene rings is 2. The molecule has 2 aromatic carbocycles. The summed E-state index contributed by atoms with van der Waals surface area (Å²) in [7, 11) is 3.15. The number of carbonyl (C=O) groups is 3. The molecule has 158 valence electrons. The van der Waals surface area contributed by atoms with Gasteiger partial charge in [0.25, 0.3) is 0 Å². The van der Waals surface area contributed by atoms with E-state index in [9.17, 15) is 14.4 Å². The van der Waals surface area contributed by atoms with E-state index < -0.39 is 17.9 Å². The summed E-state index contributed by atoms with van der Waals surface area (Å²) in [4.78, 5) is 42.9. The van der Waals surface area contributed by atoms with Gasteiger partial charge in [-0.3, -0.25) is 14.4 Å². The molecule has 0 bridgehead atoms. The number of anilines is 2. The van der Waals surface area contributed by atoms with Crippen LogP contribution in [0.2, 0.25) is 0 Å². The summed E-state index contributed by atoms with van der Waals surface area (Å²) in [6.45, 7) is 1.49. The summed E-state index contributed by atoms with van der Waals surface area (Å²) in [5.74, 6) is -0.743. The van der Waals surface area contributed by atoms with Crippen LogP contribution in [-0.4, -0.2) is 43.9 Å². The molecule has 3 aliphatic rings. The number of fused-ring (bicyclic) bond motifs is 5. The fourth-order valence-corrected chi connectivity index (χ4v) is 5.12. The van der Waals surface area contributed by atoms with Gasteiger partial charge >= 0.3 is 0 Å². The van der Waals surface area contributed by atoms with Crippen LogP contribution in [0.1, 0.15) is 12.5 Å². The van der Waals surface area contributed by atoms with Gasteiger partial charge in [-0.15, -0.1) is 0 Å². The normalized spacial score (nSPS) is 25.9. The quantitative estimate of drug-likeness (QED) is 0.711. The Morgan fingerprint density at radius 2 is 1.55 bits per heavy atom. The Balaban J connectivity index is 1.58. The molecule has 0 unspecified atom stereocenters. The zero-order valence-corrected chi connectivity index (χ0v) is 17.4. The molecule has 0 aromatic heterocycles. The topological polar surface area (TPSA) is 76.2 Å². The van der Waals surface area contributed by atoms with Gasteiger partial charge in [-0.05, 0) is 49.4 Å². The van der Waals surface area contributed by atoms with E-state index in [1.807, 2.05) is 35.3 Å². The lowest BCUT2D eigenvalue weighted by atomic mass is 9.88. The number of Topliss-reactive ketones (excluding diaryl/α,β-unsaturated/α-hetero) is 1. The first kappa shape index (κ1) is 19.4. The first-order valence-corrected chi connectivity index (χ1v) is 10.1. The molecule has 0 aliphatic carbocycles. The molecule has 0 N–H and O–H groups in total. The fraction of sp³-hybridized carbons (Fsp3) is 0.292. The van der Waals surface area contributed by atoms with Crippen LogP contribution < -0.4 is 19.3 Å². The zero-order valence-electron chi connectivity index (χ0n) is 17.4. The fourth-order valence-electron chi connectivity index (χ4n) is 5.12. The van der Waals surface area contributed by atoms with E-state index in [1.165, 1.54) is 11.8 Å². The molecule has 4 atom stereocenters. The second-order valence-corrected chi connectivity index (χ2v) is 8.00. The maximum Gasteiger partial charge on any atom is 0.240 e. The Kier molecular flexibility index (Phi) is 4.36. The van der Waals surface area contributed by atoms with Gasteiger partial charge < -0.3 is 14.4 Å². The van der Waals surface area contributed by atoms with Gasteiger partial charge in [-0.1, -0.05) is 12.2 Å². The van der Waals surface area contributed by atoms with Crippen LogP contribution in [0.5, 0.6) is 11.5 Å². The molecule has 0 radical (unpaired) electrons. The minimum atomic E-state index is -0.727. The third-order valence-electron chi connectivity index (χ3n) is 6.46. The average Bonchev–Trinajstić information content (AvgIpc) is 3.26. The van der Waals surface area contributed by atoms with Gasteiger partial charge in [0.2, 0.25) is 11.8 Å². The number of ether oxygens (including phenoxy) is 2. The number of hydrogen-bond acceptors (Lipinski definition) is 6. The van der Waals surface area contributed by atoms with E-state index in [1.54, 1.807) is 38.5 Å². The van der Waals surface area contributed by atoms with Crippen molar-refractivity contribution in [2.45, 2.75) is 19.0 Å². The Morgan fingerprint density at radius 1 is 0.903 bits per heavy atom. The van der Waals surface area contributed by atoms with Crippen LogP contribution in [0.3, 0.4) is 0 Å². The van der Waals surface area contributed by atoms with Crippen molar-refractivity contribution < 1.29 is 23.9 Å². The monoisotopic (exact) mass is 418 g/mol. The van der Waals surface area contributed by atoms with Crippen LogP contribution in [-0.2, 0) is 14.4 Å². The third kappa shape index (κ3) is 2.69. The maximum absolute atomic E-state index is 13.5. The lowest BCUT2D eigenvalue weighted by molar-refractivity contribution is -0.126. The molecule has 2 amide bonds. The minimum Gasteiger partial charge on any atom is -0.497 e. The summed E-state index contributed by atoms with van der Waals surface area (Å²) >= 11 is 0. The number of ketones is 1. The number of nitrogens with zero attached hydrogens (tertiary/aromatic N) is 2. The van der Waals surface area contributed by atoms with Crippen LogP contribution in [0.4, 0.5) is 11.4 Å². The number of hydrogen-bond donors (Lipinski definition) is 0. The SMILES string of the molecule is COc1ccc(N2C(=O)[C@H]3[C@H](C2=O)[C@@H](C(C)=O)N2c4ccc(OC)cc4C=C[C@H]32)cc1. The Bertz CT molecular complexity index is 1120. The van der Waals surface area contributed by atoms with Gasteiger partial charge in [-0.25, -0.2) is 4.90 Å². The minimum absolute atomic E-state index is 0.132. The standard InChI is InChI=1S/C24H22N2O5/c1-13(27)22-21-20(19-10-4-14-12-17(31-3)9-11-18(14)26(19)22)23(28)25(24(21)29)15-5-7-16(30-2)8-6-15/h4-12,19-22H,1-3H3/t19-,20-,21+,22-/m1/s1. The highest BCUT2D eigenvalue weighted by Gasteiger charge is 2.63. The van der Waals surface area contributed by atoms with Crippen molar-refractivity contribution >= 4 is 35.0 Å². The number of methoxy groups -OCH3 is 2. The van der Waals surface area contributed by atoms with E-state index in [0.29, 0.717) is 17.2 Å². The predicted octanol–water partition coefficient (Wildman–Crippen LogP) is 2.68. The van der Waals surface area contributed by atoms with Crippen LogP contribution in [0.25, 0.3) is 6.08 Å². The summed E-state index contributed by atoms with van der Waals surface area (Å²) in [6, 6.07) is 11.3. The number of carbonyl (C=O) groups excluding carboxylic acids is 3. The molecule has 3 heterocycles. The molecular formula is C24H22N2O5. The number of imide groups is 1. The van der Waals surface area contributed by atoms with E-state index in [-0.39, 0.29) is 23.6 Å². The van der Waals surface area contributed by atoms with Crippen LogP contribution >= 0.6 is 0 Å². The molecule has 2 saturated heterocycles. The number of amides is 2. The molecule has 0 saturated carbocycles. The molecule has 7 heteroatoms. The van der Waals surface area contributed by atoms with Crippen molar-refractivity contribution in [2.75, 3.05) is 24.0 Å². The first-order valence-electron chi connectivity index (χ1n) is 10.1.